The van der Waals surface area contributed by atoms with Gasteiger partial charge in [0.25, 0.3) is 10.0 Å². The number of anilines is 1. The molecule has 10 heteroatoms. The Hall–Kier alpha value is -3.42. The summed E-state index contributed by atoms with van der Waals surface area (Å²) in [7, 11) is -4.35. The van der Waals surface area contributed by atoms with Crippen molar-refractivity contribution in [3.05, 3.63) is 71.4 Å². The summed E-state index contributed by atoms with van der Waals surface area (Å²) in [4.78, 5) is 8.56. The zero-order valence-electron chi connectivity index (χ0n) is 15.3. The van der Waals surface area contributed by atoms with Gasteiger partial charge in [0.2, 0.25) is 0 Å². The van der Waals surface area contributed by atoms with Crippen molar-refractivity contribution in [2.45, 2.75) is 11.8 Å². The van der Waals surface area contributed by atoms with Crippen molar-refractivity contribution in [3.8, 4) is 16.6 Å². The number of nitrogens with zero attached hydrogens (tertiary/aromatic N) is 3. The first-order chi connectivity index (χ1) is 14.3. The van der Waals surface area contributed by atoms with Gasteiger partial charge in [0, 0.05) is 11.8 Å². The van der Waals surface area contributed by atoms with Crippen LogP contribution in [0.4, 0.5) is 14.5 Å². The third kappa shape index (κ3) is 3.60. The Balaban J connectivity index is 1.75. The van der Waals surface area contributed by atoms with Crippen molar-refractivity contribution in [1.82, 2.24) is 9.97 Å². The maximum absolute atomic E-state index is 14.0. The highest BCUT2D eigenvalue weighted by atomic mass is 32.2. The third-order valence-electron chi connectivity index (χ3n) is 4.37. The highest BCUT2D eigenvalue weighted by Crippen LogP contribution is 2.34. The van der Waals surface area contributed by atoms with E-state index in [1.165, 1.54) is 23.6 Å². The second-order valence-electron chi connectivity index (χ2n) is 6.34. The molecule has 0 aliphatic carbocycles. The van der Waals surface area contributed by atoms with Gasteiger partial charge in [-0.05, 0) is 42.8 Å². The maximum Gasteiger partial charge on any atom is 0.264 e. The van der Waals surface area contributed by atoms with E-state index in [-0.39, 0.29) is 5.69 Å². The van der Waals surface area contributed by atoms with E-state index >= 15 is 0 Å². The summed E-state index contributed by atoms with van der Waals surface area (Å²) in [6, 6.07) is 10.8. The van der Waals surface area contributed by atoms with Crippen LogP contribution in [-0.4, -0.2) is 18.4 Å². The van der Waals surface area contributed by atoms with Gasteiger partial charge in [0.15, 0.2) is 0 Å². The lowest BCUT2D eigenvalue weighted by molar-refractivity contribution is 0.555. The molecule has 0 bridgehead atoms. The number of fused-ring (bicyclic) bond motifs is 1. The fraction of sp³-hybridized carbons (Fsp3) is 0.0500. The Labute approximate surface area is 174 Å². The topological polar surface area (TPSA) is 95.7 Å². The van der Waals surface area contributed by atoms with Gasteiger partial charge < -0.3 is 0 Å². The highest BCUT2D eigenvalue weighted by Gasteiger charge is 2.22. The zero-order valence-corrected chi connectivity index (χ0v) is 17.0. The molecule has 2 aromatic heterocycles. The first kappa shape index (κ1) is 19.9. The SMILES string of the molecule is Cc1c(NS(=O)(=O)c2cc(F)ccc2F)cccc1-c1nc2cc(C#N)cnc2s1. The minimum absolute atomic E-state index is 0.209. The summed E-state index contributed by atoms with van der Waals surface area (Å²) in [5.74, 6) is -1.91. The Morgan fingerprint density at radius 1 is 1.17 bits per heavy atom. The second kappa shape index (κ2) is 7.44. The predicted octanol–water partition coefficient (Wildman–Crippen LogP) is 4.62. The molecule has 0 amide bonds. The molecule has 150 valence electrons. The zero-order chi connectivity index (χ0) is 21.5. The van der Waals surface area contributed by atoms with E-state index in [1.54, 1.807) is 25.1 Å². The number of halogens is 2. The number of sulfonamides is 1. The van der Waals surface area contributed by atoms with Crippen LogP contribution in [0.2, 0.25) is 0 Å². The molecule has 0 spiro atoms. The Bertz CT molecular complexity index is 1440. The minimum atomic E-state index is -4.35. The average molecular weight is 442 g/mol. The number of hydrogen-bond acceptors (Lipinski definition) is 6. The van der Waals surface area contributed by atoms with E-state index in [1.807, 2.05) is 6.07 Å². The number of pyridine rings is 1. The van der Waals surface area contributed by atoms with Crippen molar-refractivity contribution in [1.29, 1.82) is 5.26 Å². The van der Waals surface area contributed by atoms with Crippen LogP contribution in [-0.2, 0) is 10.0 Å². The van der Waals surface area contributed by atoms with Crippen molar-refractivity contribution >= 4 is 37.4 Å². The Morgan fingerprint density at radius 3 is 2.73 bits per heavy atom. The molecule has 1 N–H and O–H groups in total. The second-order valence-corrected chi connectivity index (χ2v) is 8.97. The minimum Gasteiger partial charge on any atom is -0.279 e. The van der Waals surface area contributed by atoms with E-state index in [9.17, 15) is 17.2 Å². The van der Waals surface area contributed by atoms with Crippen LogP contribution in [0.25, 0.3) is 20.9 Å². The molecule has 30 heavy (non-hydrogen) atoms. The molecular weight excluding hydrogens is 430 g/mol. The molecule has 0 aliphatic rings. The van der Waals surface area contributed by atoms with Crippen LogP contribution in [0, 0.1) is 29.9 Å². The van der Waals surface area contributed by atoms with Gasteiger partial charge >= 0.3 is 0 Å². The van der Waals surface area contributed by atoms with Crippen LogP contribution >= 0.6 is 11.3 Å². The molecule has 0 unspecified atom stereocenters. The Kier molecular flexibility index (Phi) is 4.93. The summed E-state index contributed by atoms with van der Waals surface area (Å²) in [5, 5.41) is 9.60. The average Bonchev–Trinajstić information content (AvgIpc) is 3.14. The molecule has 0 atom stereocenters. The lowest BCUT2D eigenvalue weighted by atomic mass is 10.1. The number of hydrogen-bond donors (Lipinski definition) is 1. The van der Waals surface area contributed by atoms with Crippen molar-refractivity contribution in [3.63, 3.8) is 0 Å². The van der Waals surface area contributed by atoms with E-state index in [2.05, 4.69) is 14.7 Å². The number of aromatic nitrogens is 2. The number of rotatable bonds is 4. The van der Waals surface area contributed by atoms with E-state index in [0.29, 0.717) is 38.1 Å². The van der Waals surface area contributed by atoms with Crippen LogP contribution in [0.15, 0.2) is 53.6 Å². The molecule has 4 aromatic rings. The van der Waals surface area contributed by atoms with Gasteiger partial charge in [0.1, 0.15) is 38.0 Å². The van der Waals surface area contributed by atoms with Crippen LogP contribution in [0.1, 0.15) is 11.1 Å². The predicted molar refractivity (Wildman–Crippen MR) is 109 cm³/mol. The maximum atomic E-state index is 14.0. The lowest BCUT2D eigenvalue weighted by Crippen LogP contribution is -2.15. The first-order valence-electron chi connectivity index (χ1n) is 8.53. The van der Waals surface area contributed by atoms with Gasteiger partial charge in [-0.3, -0.25) is 4.72 Å². The van der Waals surface area contributed by atoms with Gasteiger partial charge in [-0.1, -0.05) is 23.5 Å². The monoisotopic (exact) mass is 442 g/mol. The summed E-state index contributed by atoms with van der Waals surface area (Å²) >= 11 is 1.29. The summed E-state index contributed by atoms with van der Waals surface area (Å²) in [5.41, 5.74) is 2.35. The van der Waals surface area contributed by atoms with Gasteiger partial charge in [0.05, 0.1) is 11.3 Å². The molecule has 0 radical (unpaired) electrons. The van der Waals surface area contributed by atoms with E-state index in [4.69, 9.17) is 5.26 Å². The lowest BCUT2D eigenvalue weighted by Gasteiger charge is -2.13. The van der Waals surface area contributed by atoms with E-state index in [0.717, 1.165) is 12.1 Å². The standard InChI is InChI=1S/C20H12F2N4O2S2/c1-11-14(19-25-17-7-12(9-23)10-24-20(17)29-19)3-2-4-16(11)26-30(27,28)18-8-13(21)5-6-15(18)22/h2-8,10,26H,1H3. The summed E-state index contributed by atoms with van der Waals surface area (Å²) in [6.45, 7) is 1.69. The molecule has 0 saturated heterocycles. The molecule has 2 heterocycles. The van der Waals surface area contributed by atoms with Gasteiger partial charge in [-0.25, -0.2) is 27.2 Å². The molecule has 4 rings (SSSR count). The van der Waals surface area contributed by atoms with E-state index < -0.39 is 26.6 Å². The fourth-order valence-corrected chi connectivity index (χ4v) is 5.05. The number of nitrogens with one attached hydrogen (secondary N) is 1. The number of nitriles is 1. The van der Waals surface area contributed by atoms with Crippen LogP contribution in [0.3, 0.4) is 0 Å². The van der Waals surface area contributed by atoms with Crippen molar-refractivity contribution < 1.29 is 17.2 Å². The molecule has 0 saturated carbocycles. The molecule has 6 nitrogen and oxygen atoms in total. The fourth-order valence-electron chi connectivity index (χ4n) is 2.86. The first-order valence-corrected chi connectivity index (χ1v) is 10.8. The quantitative estimate of drug-likeness (QED) is 0.498. The highest BCUT2D eigenvalue weighted by molar-refractivity contribution is 7.92. The summed E-state index contributed by atoms with van der Waals surface area (Å²) < 4.78 is 55.0. The van der Waals surface area contributed by atoms with Crippen LogP contribution in [0.5, 0.6) is 0 Å². The smallest absolute Gasteiger partial charge is 0.264 e. The largest absolute Gasteiger partial charge is 0.279 e. The number of thiazole rings is 1. The summed E-state index contributed by atoms with van der Waals surface area (Å²) in [6.07, 6.45) is 1.45. The normalized spacial score (nSPS) is 11.4. The number of benzene rings is 2. The van der Waals surface area contributed by atoms with Gasteiger partial charge in [-0.2, -0.15) is 5.26 Å². The molecule has 0 aliphatic heterocycles. The molecular formula is C20H12F2N4O2S2. The third-order valence-corrected chi connectivity index (χ3v) is 6.76. The molecule has 2 aromatic carbocycles. The van der Waals surface area contributed by atoms with Crippen molar-refractivity contribution in [2.75, 3.05) is 4.72 Å². The van der Waals surface area contributed by atoms with Gasteiger partial charge in [-0.15, -0.1) is 0 Å². The Morgan fingerprint density at radius 2 is 1.97 bits per heavy atom. The van der Waals surface area contributed by atoms with Crippen molar-refractivity contribution in [2.24, 2.45) is 0 Å². The molecule has 0 fully saturated rings. The van der Waals surface area contributed by atoms with Crippen LogP contribution < -0.4 is 4.72 Å².